The van der Waals surface area contributed by atoms with E-state index < -0.39 is 0 Å². The Labute approximate surface area is 115 Å². The molecule has 1 aliphatic rings. The summed E-state index contributed by atoms with van der Waals surface area (Å²) >= 11 is 1.35. The number of fused-ring (bicyclic) bond motifs is 1. The first-order valence-electron chi connectivity index (χ1n) is 6.22. The first-order valence-corrected chi connectivity index (χ1v) is 7.06. The predicted octanol–water partition coefficient (Wildman–Crippen LogP) is 2.01. The second-order valence-corrected chi connectivity index (χ2v) is 4.92. The van der Waals surface area contributed by atoms with Crippen LogP contribution in [0.15, 0.2) is 23.6 Å². The van der Waals surface area contributed by atoms with Crippen LogP contribution in [-0.2, 0) is 0 Å². The van der Waals surface area contributed by atoms with Crippen LogP contribution in [0.25, 0.3) is 0 Å². The Morgan fingerprint density at radius 2 is 2.11 bits per heavy atom. The molecule has 0 saturated heterocycles. The molecular weight excluding hydrogens is 262 g/mol. The molecule has 0 radical (unpaired) electrons. The Hall–Kier alpha value is -1.66. The summed E-state index contributed by atoms with van der Waals surface area (Å²) in [5, 5.41) is 9.33. The average molecular weight is 277 g/mol. The lowest BCUT2D eigenvalue weighted by Crippen LogP contribution is -2.18. The highest BCUT2D eigenvalue weighted by atomic mass is 32.1. The highest BCUT2D eigenvalue weighted by Crippen LogP contribution is 2.33. The van der Waals surface area contributed by atoms with Gasteiger partial charge < -0.3 is 14.8 Å². The summed E-state index contributed by atoms with van der Waals surface area (Å²) in [6, 6.07) is 6.03. The zero-order valence-corrected chi connectivity index (χ0v) is 11.4. The summed E-state index contributed by atoms with van der Waals surface area (Å²) in [5.74, 6) is 1.62. The van der Waals surface area contributed by atoms with Crippen molar-refractivity contribution in [3.05, 3.63) is 34.8 Å². The van der Waals surface area contributed by atoms with Gasteiger partial charge in [-0.25, -0.2) is 0 Å². The third-order valence-corrected chi connectivity index (χ3v) is 3.59. The lowest BCUT2D eigenvalue weighted by atomic mass is 10.0. The Morgan fingerprint density at radius 3 is 2.84 bits per heavy atom. The second kappa shape index (κ2) is 5.54. The van der Waals surface area contributed by atoms with Crippen molar-refractivity contribution in [2.75, 3.05) is 20.3 Å². The molecule has 0 spiro atoms. The first kappa shape index (κ1) is 12.4. The van der Waals surface area contributed by atoms with Crippen LogP contribution in [-0.4, -0.2) is 29.8 Å². The number of hydrogen-bond donors (Lipinski definition) is 1. The van der Waals surface area contributed by atoms with E-state index in [0.29, 0.717) is 13.2 Å². The summed E-state index contributed by atoms with van der Waals surface area (Å²) in [7, 11) is 1.91. The summed E-state index contributed by atoms with van der Waals surface area (Å²) in [6.45, 7) is 1.40. The molecule has 5 nitrogen and oxygen atoms in total. The van der Waals surface area contributed by atoms with E-state index in [-0.39, 0.29) is 6.04 Å². The number of hydrogen-bond acceptors (Lipinski definition) is 6. The SMILES string of the molecule is CNC(c1ccc2c(c1)OCCCO2)c1csnn1. The second-order valence-electron chi connectivity index (χ2n) is 4.31. The van der Waals surface area contributed by atoms with Crippen LogP contribution in [0.5, 0.6) is 11.5 Å². The summed E-state index contributed by atoms with van der Waals surface area (Å²) in [5.41, 5.74) is 2.02. The van der Waals surface area contributed by atoms with E-state index in [0.717, 1.165) is 29.2 Å². The molecule has 1 N–H and O–H groups in total. The van der Waals surface area contributed by atoms with Crippen molar-refractivity contribution in [2.24, 2.45) is 0 Å². The number of rotatable bonds is 3. The number of ether oxygens (including phenoxy) is 2. The first-order chi connectivity index (χ1) is 9.38. The van der Waals surface area contributed by atoms with Crippen LogP contribution >= 0.6 is 11.5 Å². The predicted molar refractivity (Wildman–Crippen MR) is 72.9 cm³/mol. The van der Waals surface area contributed by atoms with Crippen molar-refractivity contribution >= 4 is 11.5 Å². The Morgan fingerprint density at radius 1 is 1.26 bits per heavy atom. The maximum absolute atomic E-state index is 5.71. The van der Waals surface area contributed by atoms with Gasteiger partial charge in [-0.3, -0.25) is 0 Å². The van der Waals surface area contributed by atoms with Gasteiger partial charge in [0.1, 0.15) is 0 Å². The smallest absolute Gasteiger partial charge is 0.161 e. The molecule has 0 aliphatic carbocycles. The van der Waals surface area contributed by atoms with Crippen LogP contribution in [0.4, 0.5) is 0 Å². The van der Waals surface area contributed by atoms with E-state index in [1.54, 1.807) is 0 Å². The molecule has 3 rings (SSSR count). The quantitative estimate of drug-likeness (QED) is 0.930. The van der Waals surface area contributed by atoms with Gasteiger partial charge >= 0.3 is 0 Å². The minimum atomic E-state index is 0.0240. The third-order valence-electron chi connectivity index (χ3n) is 3.07. The van der Waals surface area contributed by atoms with Gasteiger partial charge in [0.2, 0.25) is 0 Å². The molecule has 0 amide bonds. The van der Waals surface area contributed by atoms with Gasteiger partial charge in [-0.15, -0.1) is 5.10 Å². The minimum absolute atomic E-state index is 0.0240. The topological polar surface area (TPSA) is 56.3 Å². The number of nitrogens with zero attached hydrogens (tertiary/aromatic N) is 2. The van der Waals surface area contributed by atoms with Crippen molar-refractivity contribution in [3.8, 4) is 11.5 Å². The van der Waals surface area contributed by atoms with E-state index in [1.165, 1.54) is 11.5 Å². The maximum atomic E-state index is 5.71. The molecule has 2 aromatic rings. The monoisotopic (exact) mass is 277 g/mol. The fourth-order valence-corrected chi connectivity index (χ4v) is 2.62. The van der Waals surface area contributed by atoms with Gasteiger partial charge in [-0.05, 0) is 36.3 Å². The standard InChI is InChI=1S/C13H15N3O2S/c1-14-13(10-8-19-16-15-10)9-3-4-11-12(7-9)18-6-2-5-17-11/h3-4,7-8,13-14H,2,5-6H2,1H3. The van der Waals surface area contributed by atoms with Gasteiger partial charge in [0.15, 0.2) is 11.5 Å². The van der Waals surface area contributed by atoms with Gasteiger partial charge in [-0.2, -0.15) is 0 Å². The fourth-order valence-electron chi connectivity index (χ4n) is 2.14. The van der Waals surface area contributed by atoms with Crippen molar-refractivity contribution < 1.29 is 9.47 Å². The Bertz CT molecular complexity index is 545. The Kier molecular flexibility index (Phi) is 3.61. The molecule has 19 heavy (non-hydrogen) atoms. The molecule has 6 heteroatoms. The lowest BCUT2D eigenvalue weighted by Gasteiger charge is -2.16. The number of benzene rings is 1. The molecule has 1 aliphatic heterocycles. The molecule has 100 valence electrons. The molecule has 1 atom stereocenters. The van der Waals surface area contributed by atoms with Crippen LogP contribution < -0.4 is 14.8 Å². The molecule has 1 unspecified atom stereocenters. The molecule has 0 fully saturated rings. The van der Waals surface area contributed by atoms with E-state index in [2.05, 4.69) is 14.9 Å². The average Bonchev–Trinajstić information content (AvgIpc) is 2.85. The third kappa shape index (κ3) is 2.54. The van der Waals surface area contributed by atoms with E-state index in [9.17, 15) is 0 Å². The molecule has 0 bridgehead atoms. The highest BCUT2D eigenvalue weighted by Gasteiger charge is 2.18. The van der Waals surface area contributed by atoms with E-state index >= 15 is 0 Å². The number of nitrogens with one attached hydrogen (secondary N) is 1. The highest BCUT2D eigenvalue weighted by molar-refractivity contribution is 7.03. The minimum Gasteiger partial charge on any atom is -0.490 e. The van der Waals surface area contributed by atoms with Crippen LogP contribution in [0.2, 0.25) is 0 Å². The van der Waals surface area contributed by atoms with Gasteiger partial charge in [0, 0.05) is 11.8 Å². The zero-order valence-electron chi connectivity index (χ0n) is 10.6. The molecule has 1 aromatic carbocycles. The maximum Gasteiger partial charge on any atom is 0.161 e. The van der Waals surface area contributed by atoms with E-state index in [4.69, 9.17) is 9.47 Å². The lowest BCUT2D eigenvalue weighted by molar-refractivity contribution is 0.297. The van der Waals surface area contributed by atoms with Gasteiger partial charge in [0.05, 0.1) is 24.9 Å². The summed E-state index contributed by atoms with van der Waals surface area (Å²) in [6.07, 6.45) is 0.912. The number of aromatic nitrogens is 2. The zero-order chi connectivity index (χ0) is 13.1. The fraction of sp³-hybridized carbons (Fsp3) is 0.385. The Balaban J connectivity index is 1.94. The van der Waals surface area contributed by atoms with Crippen molar-refractivity contribution in [3.63, 3.8) is 0 Å². The molecular formula is C13H15N3O2S. The van der Waals surface area contributed by atoms with E-state index in [1.807, 2.05) is 30.6 Å². The van der Waals surface area contributed by atoms with Crippen molar-refractivity contribution in [2.45, 2.75) is 12.5 Å². The van der Waals surface area contributed by atoms with Gasteiger partial charge in [0.25, 0.3) is 0 Å². The van der Waals surface area contributed by atoms with Crippen molar-refractivity contribution in [1.82, 2.24) is 14.9 Å². The summed E-state index contributed by atoms with van der Waals surface area (Å²) in [4.78, 5) is 0. The molecule has 1 aromatic heterocycles. The summed E-state index contributed by atoms with van der Waals surface area (Å²) < 4.78 is 15.3. The normalized spacial score (nSPS) is 15.8. The van der Waals surface area contributed by atoms with Crippen LogP contribution in [0, 0.1) is 0 Å². The largest absolute Gasteiger partial charge is 0.490 e. The van der Waals surface area contributed by atoms with Crippen LogP contribution in [0.1, 0.15) is 23.7 Å². The van der Waals surface area contributed by atoms with Crippen molar-refractivity contribution in [1.29, 1.82) is 0 Å². The van der Waals surface area contributed by atoms with Gasteiger partial charge in [-0.1, -0.05) is 10.6 Å². The van der Waals surface area contributed by atoms with Crippen LogP contribution in [0.3, 0.4) is 0 Å². The molecule has 0 saturated carbocycles. The molecule has 2 heterocycles.